The number of carbonyl (C=O) groups excluding carboxylic acids is 2. The van der Waals surface area contributed by atoms with Crippen LogP contribution in [0.1, 0.15) is 92.5 Å². The molecule has 0 saturated heterocycles. The Labute approximate surface area is 272 Å². The molecular formula is C37H48O9. The third-order valence-electron chi connectivity index (χ3n) is 8.88. The van der Waals surface area contributed by atoms with Crippen molar-refractivity contribution in [2.24, 2.45) is 11.8 Å². The minimum atomic E-state index is -1.15. The number of carbonyl (C=O) groups is 2. The van der Waals surface area contributed by atoms with Crippen molar-refractivity contribution in [3.63, 3.8) is 0 Å². The van der Waals surface area contributed by atoms with Gasteiger partial charge in [0, 0.05) is 32.1 Å². The van der Waals surface area contributed by atoms with Crippen LogP contribution in [0.3, 0.4) is 0 Å². The zero-order valence-electron chi connectivity index (χ0n) is 27.9. The van der Waals surface area contributed by atoms with E-state index in [-0.39, 0.29) is 42.5 Å². The molecular weight excluding hydrogens is 588 g/mol. The second-order valence-electron chi connectivity index (χ2n) is 11.7. The first-order valence-corrected chi connectivity index (χ1v) is 16.2. The summed E-state index contributed by atoms with van der Waals surface area (Å²) in [7, 11) is 3.03. The van der Waals surface area contributed by atoms with Crippen molar-refractivity contribution in [1.82, 2.24) is 0 Å². The monoisotopic (exact) mass is 636 g/mol. The summed E-state index contributed by atoms with van der Waals surface area (Å²) in [6.45, 7) is 8.84. The number of para-hydroxylation sites is 1. The minimum Gasteiger partial charge on any atom is -0.465 e. The molecule has 0 amide bonds. The second-order valence-corrected chi connectivity index (χ2v) is 11.7. The number of rotatable bonds is 16. The summed E-state index contributed by atoms with van der Waals surface area (Å²) in [6.07, 6.45) is 8.81. The number of aliphatic hydroxyl groups excluding tert-OH is 1. The van der Waals surface area contributed by atoms with E-state index in [4.69, 9.17) is 28.1 Å². The zero-order valence-corrected chi connectivity index (χ0v) is 27.9. The summed E-state index contributed by atoms with van der Waals surface area (Å²) in [6, 6.07) is 7.66. The van der Waals surface area contributed by atoms with Gasteiger partial charge in [0.1, 0.15) is 23.4 Å². The second kappa shape index (κ2) is 16.9. The van der Waals surface area contributed by atoms with E-state index in [0.717, 1.165) is 29.5 Å². The van der Waals surface area contributed by atoms with Crippen molar-refractivity contribution < 1.29 is 42.8 Å². The standard InChI is InChI=1S/C37H48O9/c1-7-9-13-26(34-23(3)24(4)35(46-34)37(40)42-6)14-12-17-31(38)43-19-18-27-25(8-2)22-30-32(33(27)39)36(44-21-20-41-5)28-15-10-11-16-29(28)45-30/h9-16,25-27,36-37,40H,7-8,17-22H2,1-6H3/b13-9+,14-12+. The topological polar surface area (TPSA) is 114 Å². The Morgan fingerprint density at radius 2 is 1.78 bits per heavy atom. The number of allylic oxidation sites excluding steroid dienone is 4. The van der Waals surface area contributed by atoms with E-state index in [0.29, 0.717) is 54.7 Å². The number of Topliss-reactive ketones (excluding diaryl/α,β-unsaturated/α-hetero) is 1. The van der Waals surface area contributed by atoms with Crippen LogP contribution in [0, 0.1) is 25.7 Å². The molecule has 46 heavy (non-hydrogen) atoms. The lowest BCUT2D eigenvalue weighted by atomic mass is 9.72. The van der Waals surface area contributed by atoms with Crippen molar-refractivity contribution in [3.8, 4) is 5.75 Å². The Bertz CT molecular complexity index is 1430. The van der Waals surface area contributed by atoms with Gasteiger partial charge >= 0.3 is 5.97 Å². The van der Waals surface area contributed by atoms with E-state index in [1.165, 1.54) is 7.11 Å². The van der Waals surface area contributed by atoms with E-state index >= 15 is 0 Å². The van der Waals surface area contributed by atoms with Gasteiger partial charge in [-0.15, -0.1) is 0 Å². The number of ketones is 1. The van der Waals surface area contributed by atoms with Gasteiger partial charge in [0.15, 0.2) is 11.5 Å². The molecule has 1 aliphatic carbocycles. The molecule has 0 bridgehead atoms. The van der Waals surface area contributed by atoms with Gasteiger partial charge in [0.05, 0.1) is 37.7 Å². The Morgan fingerprint density at radius 3 is 2.50 bits per heavy atom. The molecule has 1 N–H and O–H groups in total. The van der Waals surface area contributed by atoms with Gasteiger partial charge in [-0.05, 0) is 49.8 Å². The van der Waals surface area contributed by atoms with E-state index in [1.54, 1.807) is 13.2 Å². The molecule has 5 atom stereocenters. The van der Waals surface area contributed by atoms with Gasteiger partial charge in [-0.25, -0.2) is 0 Å². The number of hydrogen-bond acceptors (Lipinski definition) is 9. The highest BCUT2D eigenvalue weighted by molar-refractivity contribution is 6.00. The fourth-order valence-corrected chi connectivity index (χ4v) is 6.20. The Morgan fingerprint density at radius 1 is 1.04 bits per heavy atom. The fourth-order valence-electron chi connectivity index (χ4n) is 6.20. The highest BCUT2D eigenvalue weighted by Gasteiger charge is 2.44. The van der Waals surface area contributed by atoms with E-state index in [9.17, 15) is 14.7 Å². The summed E-state index contributed by atoms with van der Waals surface area (Å²) < 4.78 is 34.3. The number of ether oxygens (including phenoxy) is 5. The lowest BCUT2D eigenvalue weighted by Crippen LogP contribution is -2.37. The molecule has 4 rings (SSSR count). The Kier molecular flexibility index (Phi) is 13.0. The summed E-state index contributed by atoms with van der Waals surface area (Å²) >= 11 is 0. The SMILES string of the molecule is CC/C=C/C(/C=C/CC(=O)OCCC1C(=O)C2=C(CC1CC)Oc1ccccc1C2OCCOC)c1oc(C(O)OC)c(C)c1C. The maximum atomic E-state index is 14.0. The third-order valence-corrected chi connectivity index (χ3v) is 8.88. The average molecular weight is 637 g/mol. The summed E-state index contributed by atoms with van der Waals surface area (Å²) in [5.74, 6) is 1.61. The van der Waals surface area contributed by atoms with Crippen molar-refractivity contribution in [3.05, 3.63) is 88.1 Å². The smallest absolute Gasteiger partial charge is 0.309 e. The van der Waals surface area contributed by atoms with Gasteiger partial charge in [-0.2, -0.15) is 0 Å². The molecule has 2 aromatic rings. The van der Waals surface area contributed by atoms with Crippen LogP contribution in [-0.2, 0) is 28.5 Å². The minimum absolute atomic E-state index is 0.00594. The van der Waals surface area contributed by atoms with Gasteiger partial charge in [-0.1, -0.05) is 62.8 Å². The van der Waals surface area contributed by atoms with E-state index in [2.05, 4.69) is 6.92 Å². The molecule has 1 aliphatic heterocycles. The number of aliphatic hydroxyl groups is 1. The Balaban J connectivity index is 1.40. The van der Waals surface area contributed by atoms with Gasteiger partial charge in [0.25, 0.3) is 0 Å². The quantitative estimate of drug-likeness (QED) is 0.0890. The molecule has 9 nitrogen and oxygen atoms in total. The first-order chi connectivity index (χ1) is 22.2. The van der Waals surface area contributed by atoms with Crippen LogP contribution in [0.2, 0.25) is 0 Å². The molecule has 1 aromatic heterocycles. The first-order valence-electron chi connectivity index (χ1n) is 16.2. The van der Waals surface area contributed by atoms with Crippen LogP contribution in [0.25, 0.3) is 0 Å². The van der Waals surface area contributed by atoms with Crippen molar-refractivity contribution >= 4 is 11.8 Å². The number of methoxy groups -OCH3 is 2. The number of esters is 1. The first kappa shape index (κ1) is 35.4. The number of hydrogen-bond donors (Lipinski definition) is 1. The van der Waals surface area contributed by atoms with Crippen LogP contribution in [-0.4, -0.2) is 50.9 Å². The predicted octanol–water partition coefficient (Wildman–Crippen LogP) is 7.13. The van der Waals surface area contributed by atoms with Gasteiger partial charge in [0.2, 0.25) is 6.29 Å². The molecule has 0 spiro atoms. The summed E-state index contributed by atoms with van der Waals surface area (Å²) in [5.41, 5.74) is 3.14. The number of furan rings is 1. The maximum absolute atomic E-state index is 14.0. The molecule has 0 radical (unpaired) electrons. The highest BCUT2D eigenvalue weighted by atomic mass is 16.6. The van der Waals surface area contributed by atoms with Crippen LogP contribution in [0.5, 0.6) is 5.75 Å². The lowest BCUT2D eigenvalue weighted by molar-refractivity contribution is -0.144. The summed E-state index contributed by atoms with van der Waals surface area (Å²) in [5, 5.41) is 10.2. The van der Waals surface area contributed by atoms with Crippen LogP contribution in [0.15, 0.2) is 64.3 Å². The molecule has 2 heterocycles. The molecule has 2 aliphatic rings. The van der Waals surface area contributed by atoms with Gasteiger partial charge < -0.3 is 33.2 Å². The zero-order chi connectivity index (χ0) is 33.2. The van der Waals surface area contributed by atoms with Crippen molar-refractivity contribution in [2.75, 3.05) is 34.0 Å². The molecule has 9 heteroatoms. The van der Waals surface area contributed by atoms with Crippen LogP contribution in [0.4, 0.5) is 0 Å². The number of fused-ring (bicyclic) bond motifs is 1. The Hall–Kier alpha value is -3.50. The molecule has 0 fully saturated rings. The predicted molar refractivity (Wildman–Crippen MR) is 173 cm³/mol. The highest BCUT2D eigenvalue weighted by Crippen LogP contribution is 2.47. The van der Waals surface area contributed by atoms with Gasteiger partial charge in [-0.3, -0.25) is 9.59 Å². The molecule has 250 valence electrons. The van der Waals surface area contributed by atoms with E-state index < -0.39 is 12.4 Å². The van der Waals surface area contributed by atoms with Crippen LogP contribution < -0.4 is 4.74 Å². The lowest BCUT2D eigenvalue weighted by Gasteiger charge is -2.38. The molecule has 1 aromatic carbocycles. The number of benzene rings is 1. The third kappa shape index (κ3) is 8.07. The maximum Gasteiger partial charge on any atom is 0.309 e. The van der Waals surface area contributed by atoms with Crippen molar-refractivity contribution in [2.45, 2.75) is 78.1 Å². The average Bonchev–Trinajstić information content (AvgIpc) is 3.36. The molecule has 5 unspecified atom stereocenters. The summed E-state index contributed by atoms with van der Waals surface area (Å²) in [4.78, 5) is 26.8. The largest absolute Gasteiger partial charge is 0.465 e. The van der Waals surface area contributed by atoms with E-state index in [1.807, 2.05) is 63.3 Å². The van der Waals surface area contributed by atoms with Crippen molar-refractivity contribution in [1.29, 1.82) is 0 Å². The fraction of sp³-hybridized carbons (Fsp3) is 0.514. The molecule has 0 saturated carbocycles. The van der Waals surface area contributed by atoms with Crippen LogP contribution >= 0.6 is 0 Å². The normalized spacial score (nSPS) is 20.9.